The summed E-state index contributed by atoms with van der Waals surface area (Å²) in [5, 5.41) is 1.71. The fraction of sp³-hybridized carbons (Fsp3) is 0.130. The van der Waals surface area contributed by atoms with Gasteiger partial charge in [0, 0.05) is 4.47 Å². The molecule has 2 amide bonds. The second-order valence-electron chi connectivity index (χ2n) is 7.06. The molecule has 5 nitrogen and oxygen atoms in total. The number of benzene rings is 3. The van der Waals surface area contributed by atoms with Crippen LogP contribution in [0, 0.1) is 5.92 Å². The number of imide groups is 1. The Labute approximate surface area is 176 Å². The predicted octanol–water partition coefficient (Wildman–Crippen LogP) is 4.50. The second-order valence-corrected chi connectivity index (χ2v) is 7.97. The Balaban J connectivity index is 1.58. The van der Waals surface area contributed by atoms with Gasteiger partial charge in [0.2, 0.25) is 5.91 Å². The zero-order valence-corrected chi connectivity index (χ0v) is 16.9. The highest BCUT2D eigenvalue weighted by Crippen LogP contribution is 2.47. The quantitative estimate of drug-likeness (QED) is 0.553. The first-order valence-electron chi connectivity index (χ1n) is 9.34. The van der Waals surface area contributed by atoms with Crippen LogP contribution in [0.3, 0.4) is 0 Å². The van der Waals surface area contributed by atoms with Crippen molar-refractivity contribution in [2.75, 3.05) is 9.96 Å². The van der Waals surface area contributed by atoms with Crippen LogP contribution in [0.5, 0.6) is 0 Å². The summed E-state index contributed by atoms with van der Waals surface area (Å²) in [4.78, 5) is 34.0. The Hall–Kier alpha value is -2.96. The number of hydrogen-bond acceptors (Lipinski definition) is 4. The lowest BCUT2D eigenvalue weighted by molar-refractivity contribution is -0.126. The van der Waals surface area contributed by atoms with Gasteiger partial charge in [0.1, 0.15) is 5.92 Å². The van der Waals surface area contributed by atoms with Gasteiger partial charge < -0.3 is 0 Å². The summed E-state index contributed by atoms with van der Waals surface area (Å²) in [5.74, 6) is -1.19. The van der Waals surface area contributed by atoms with E-state index in [0.29, 0.717) is 5.69 Å². The largest absolute Gasteiger partial charge is 0.273 e. The number of para-hydroxylation sites is 1. The van der Waals surface area contributed by atoms with E-state index in [0.717, 1.165) is 15.7 Å². The first-order chi connectivity index (χ1) is 14.1. The third kappa shape index (κ3) is 2.96. The molecule has 0 N–H and O–H groups in total. The van der Waals surface area contributed by atoms with Gasteiger partial charge >= 0.3 is 0 Å². The summed E-state index contributed by atoms with van der Waals surface area (Å²) in [6.45, 7) is 0. The van der Waals surface area contributed by atoms with Gasteiger partial charge in [-0.25, -0.2) is 9.96 Å². The maximum Gasteiger partial charge on any atom is 0.266 e. The van der Waals surface area contributed by atoms with Crippen LogP contribution in [0.15, 0.2) is 89.4 Å². The van der Waals surface area contributed by atoms with Crippen molar-refractivity contribution in [3.05, 3.63) is 95.0 Å². The highest BCUT2D eigenvalue weighted by atomic mass is 79.9. The predicted molar refractivity (Wildman–Crippen MR) is 113 cm³/mol. The summed E-state index contributed by atoms with van der Waals surface area (Å²) in [5.41, 5.74) is 2.30. The van der Waals surface area contributed by atoms with E-state index in [1.807, 2.05) is 72.8 Å². The topological polar surface area (TPSA) is 49.9 Å². The van der Waals surface area contributed by atoms with Crippen LogP contribution >= 0.6 is 15.9 Å². The molecule has 6 heteroatoms. The van der Waals surface area contributed by atoms with Gasteiger partial charge in [0.25, 0.3) is 5.91 Å². The number of carbonyl (C=O) groups is 2. The summed E-state index contributed by atoms with van der Waals surface area (Å²) in [7, 11) is 0. The number of anilines is 2. The maximum atomic E-state index is 13.4. The second kappa shape index (κ2) is 7.13. The lowest BCUT2D eigenvalue weighted by Crippen LogP contribution is -2.37. The molecule has 0 unspecified atom stereocenters. The SMILES string of the molecule is O=C1[C@H]2[C@@H](ON(c3ccccc3)[C@H]2c2ccccc2)C(=O)N1c1ccc(Br)cc1. The van der Waals surface area contributed by atoms with E-state index in [1.165, 1.54) is 4.90 Å². The van der Waals surface area contributed by atoms with E-state index in [4.69, 9.17) is 4.84 Å². The van der Waals surface area contributed by atoms with E-state index in [9.17, 15) is 9.59 Å². The standard InChI is InChI=1S/C23H17BrN2O3/c24-16-11-13-17(14-12-16)25-22(27)19-20(15-7-3-1-4-8-15)26(29-21(19)23(25)28)18-9-5-2-6-10-18/h1-14,19-21H/t19-,20+,21-/m1/s1. The summed E-state index contributed by atoms with van der Waals surface area (Å²) >= 11 is 3.39. The highest BCUT2D eigenvalue weighted by Gasteiger charge is 2.60. The van der Waals surface area contributed by atoms with Gasteiger partial charge in [-0.05, 0) is 42.0 Å². The zero-order chi connectivity index (χ0) is 20.0. The molecule has 5 rings (SSSR count). The van der Waals surface area contributed by atoms with E-state index >= 15 is 0 Å². The lowest BCUT2D eigenvalue weighted by atomic mass is 9.90. The molecule has 0 spiro atoms. The number of rotatable bonds is 3. The van der Waals surface area contributed by atoms with Crippen molar-refractivity contribution >= 4 is 39.1 Å². The molecular formula is C23H17BrN2O3. The van der Waals surface area contributed by atoms with Gasteiger partial charge in [-0.15, -0.1) is 0 Å². The zero-order valence-electron chi connectivity index (χ0n) is 15.3. The minimum Gasteiger partial charge on any atom is -0.273 e. The third-order valence-electron chi connectivity index (χ3n) is 5.35. The van der Waals surface area contributed by atoms with Crippen LogP contribution in [-0.2, 0) is 14.4 Å². The molecule has 0 radical (unpaired) electrons. The summed E-state index contributed by atoms with van der Waals surface area (Å²) < 4.78 is 0.884. The van der Waals surface area contributed by atoms with Crippen molar-refractivity contribution in [2.24, 2.45) is 5.92 Å². The molecule has 2 fully saturated rings. The summed E-state index contributed by atoms with van der Waals surface area (Å²) in [6.07, 6.45) is -0.850. The molecule has 2 aliphatic rings. The van der Waals surface area contributed by atoms with Crippen molar-refractivity contribution in [1.82, 2.24) is 0 Å². The first kappa shape index (κ1) is 18.1. The number of hydrogen-bond donors (Lipinski definition) is 0. The van der Waals surface area contributed by atoms with Crippen molar-refractivity contribution in [1.29, 1.82) is 0 Å². The Morgan fingerprint density at radius 3 is 2.00 bits per heavy atom. The average Bonchev–Trinajstić information content (AvgIpc) is 3.27. The van der Waals surface area contributed by atoms with Crippen LogP contribution in [0.1, 0.15) is 11.6 Å². The van der Waals surface area contributed by atoms with Gasteiger partial charge in [-0.3, -0.25) is 14.4 Å². The van der Waals surface area contributed by atoms with E-state index in [-0.39, 0.29) is 17.9 Å². The van der Waals surface area contributed by atoms with Gasteiger partial charge in [-0.2, -0.15) is 0 Å². The van der Waals surface area contributed by atoms with E-state index in [2.05, 4.69) is 15.9 Å². The number of amides is 2. The molecule has 3 aromatic carbocycles. The molecule has 0 aromatic heterocycles. The molecule has 29 heavy (non-hydrogen) atoms. The van der Waals surface area contributed by atoms with Gasteiger partial charge in [0.05, 0.1) is 17.4 Å². The molecule has 3 aromatic rings. The molecule has 0 saturated carbocycles. The van der Waals surface area contributed by atoms with Crippen LogP contribution in [0.2, 0.25) is 0 Å². The molecule has 0 bridgehead atoms. The van der Waals surface area contributed by atoms with Crippen LogP contribution in [0.25, 0.3) is 0 Å². The number of fused-ring (bicyclic) bond motifs is 1. The number of carbonyl (C=O) groups excluding carboxylic acids is 2. The normalized spacial score (nSPS) is 23.6. The Morgan fingerprint density at radius 1 is 0.724 bits per heavy atom. The monoisotopic (exact) mass is 448 g/mol. The molecule has 2 aliphatic heterocycles. The van der Waals surface area contributed by atoms with Crippen molar-refractivity contribution in [3.63, 3.8) is 0 Å². The van der Waals surface area contributed by atoms with Crippen molar-refractivity contribution < 1.29 is 14.4 Å². The fourth-order valence-corrected chi connectivity index (χ4v) is 4.31. The van der Waals surface area contributed by atoms with Crippen LogP contribution in [0.4, 0.5) is 11.4 Å². The summed E-state index contributed by atoms with van der Waals surface area (Å²) in [6, 6.07) is 26.0. The lowest BCUT2D eigenvalue weighted by Gasteiger charge is -2.28. The average molecular weight is 449 g/mol. The molecule has 0 aliphatic carbocycles. The Kier molecular flexibility index (Phi) is 4.45. The highest BCUT2D eigenvalue weighted by molar-refractivity contribution is 9.10. The van der Waals surface area contributed by atoms with Gasteiger partial charge in [-0.1, -0.05) is 64.5 Å². The van der Waals surface area contributed by atoms with Crippen LogP contribution < -0.4 is 9.96 Å². The van der Waals surface area contributed by atoms with Crippen LogP contribution in [-0.4, -0.2) is 17.9 Å². The number of hydroxylamine groups is 1. The maximum absolute atomic E-state index is 13.4. The molecule has 2 heterocycles. The fourth-order valence-electron chi connectivity index (χ4n) is 4.05. The third-order valence-corrected chi connectivity index (χ3v) is 5.88. The number of halogens is 1. The van der Waals surface area contributed by atoms with Gasteiger partial charge in [0.15, 0.2) is 6.10 Å². The van der Waals surface area contributed by atoms with Crippen molar-refractivity contribution in [3.8, 4) is 0 Å². The Morgan fingerprint density at radius 2 is 1.34 bits per heavy atom. The molecule has 3 atom stereocenters. The van der Waals surface area contributed by atoms with Crippen molar-refractivity contribution in [2.45, 2.75) is 12.1 Å². The number of nitrogens with zero attached hydrogens (tertiary/aromatic N) is 2. The molecular weight excluding hydrogens is 432 g/mol. The molecule has 2 saturated heterocycles. The minimum atomic E-state index is -0.850. The minimum absolute atomic E-state index is 0.241. The molecule has 144 valence electrons. The smallest absolute Gasteiger partial charge is 0.266 e. The van der Waals surface area contributed by atoms with E-state index in [1.54, 1.807) is 17.2 Å². The first-order valence-corrected chi connectivity index (χ1v) is 10.1. The Bertz CT molecular complexity index is 1060. The van der Waals surface area contributed by atoms with E-state index < -0.39 is 12.0 Å².